The zero-order chi connectivity index (χ0) is 18.6. The van der Waals surface area contributed by atoms with Gasteiger partial charge in [-0.05, 0) is 48.6 Å². The van der Waals surface area contributed by atoms with Crippen molar-refractivity contribution >= 4 is 0 Å². The van der Waals surface area contributed by atoms with Crippen LogP contribution in [0, 0.1) is 0 Å². The Balaban J connectivity index is 1.41. The van der Waals surface area contributed by atoms with Gasteiger partial charge >= 0.3 is 0 Å². The molecule has 3 heterocycles. The second-order valence-corrected chi connectivity index (χ2v) is 7.63. The summed E-state index contributed by atoms with van der Waals surface area (Å²) in [5, 5.41) is 8.50. The van der Waals surface area contributed by atoms with E-state index in [-0.39, 0.29) is 0 Å². The molecule has 2 aromatic heterocycles. The van der Waals surface area contributed by atoms with Gasteiger partial charge in [-0.2, -0.15) is 0 Å². The van der Waals surface area contributed by atoms with Gasteiger partial charge in [0.2, 0.25) is 5.89 Å². The average molecular weight is 362 g/mol. The van der Waals surface area contributed by atoms with Crippen molar-refractivity contribution in [2.24, 2.45) is 0 Å². The number of likely N-dealkylation sites (tertiary alicyclic amines) is 1. The minimum atomic E-state index is 0.290. The number of pyridine rings is 1. The Bertz CT molecular complexity index is 858. The Hall–Kier alpha value is -2.53. The predicted octanol–water partition coefficient (Wildman–Crippen LogP) is 4.63. The molecule has 4 rings (SSSR count). The number of nitrogens with zero attached hydrogens (tertiary/aromatic N) is 4. The Morgan fingerprint density at radius 2 is 1.96 bits per heavy atom. The number of piperidine rings is 1. The molecule has 1 saturated heterocycles. The highest BCUT2D eigenvalue weighted by Gasteiger charge is 2.26. The van der Waals surface area contributed by atoms with Gasteiger partial charge in [0, 0.05) is 19.3 Å². The molecule has 1 aliphatic heterocycles. The second kappa shape index (κ2) is 8.01. The van der Waals surface area contributed by atoms with Crippen LogP contribution in [0.4, 0.5) is 0 Å². The molecule has 1 aliphatic rings. The average Bonchev–Trinajstić information content (AvgIpc) is 3.20. The zero-order valence-corrected chi connectivity index (χ0v) is 16.0. The molecule has 0 saturated carbocycles. The minimum Gasteiger partial charge on any atom is -0.419 e. The number of hydrogen-bond acceptors (Lipinski definition) is 5. The maximum absolute atomic E-state index is 5.94. The largest absolute Gasteiger partial charge is 0.419 e. The second-order valence-electron chi connectivity index (χ2n) is 7.63. The van der Waals surface area contributed by atoms with Crippen molar-refractivity contribution in [2.75, 3.05) is 13.1 Å². The van der Waals surface area contributed by atoms with Gasteiger partial charge in [0.1, 0.15) is 5.69 Å². The van der Waals surface area contributed by atoms with Crippen LogP contribution in [-0.4, -0.2) is 33.2 Å². The van der Waals surface area contributed by atoms with Crippen molar-refractivity contribution in [2.45, 2.75) is 45.1 Å². The first-order valence-corrected chi connectivity index (χ1v) is 9.75. The highest BCUT2D eigenvalue weighted by Crippen LogP contribution is 2.28. The van der Waals surface area contributed by atoms with Crippen LogP contribution in [0.5, 0.6) is 0 Å². The van der Waals surface area contributed by atoms with E-state index < -0.39 is 0 Å². The summed E-state index contributed by atoms with van der Waals surface area (Å²) >= 11 is 0. The number of hydrogen-bond donors (Lipinski definition) is 0. The Morgan fingerprint density at radius 3 is 2.70 bits per heavy atom. The smallest absolute Gasteiger partial charge is 0.266 e. The highest BCUT2D eigenvalue weighted by atomic mass is 16.4. The van der Waals surface area contributed by atoms with Crippen LogP contribution in [-0.2, 0) is 6.54 Å². The molecule has 0 N–H and O–H groups in total. The maximum atomic E-state index is 5.94. The van der Waals surface area contributed by atoms with E-state index in [4.69, 9.17) is 4.42 Å². The topological polar surface area (TPSA) is 55.1 Å². The first-order chi connectivity index (χ1) is 13.2. The van der Waals surface area contributed by atoms with E-state index in [0.717, 1.165) is 44.1 Å². The molecule has 1 fully saturated rings. The first kappa shape index (κ1) is 17.9. The van der Waals surface area contributed by atoms with Gasteiger partial charge in [0.25, 0.3) is 5.89 Å². The Morgan fingerprint density at radius 1 is 1.11 bits per heavy atom. The normalized spacial score (nSPS) is 18.1. The summed E-state index contributed by atoms with van der Waals surface area (Å²) in [6.07, 6.45) is 3.98. The first-order valence-electron chi connectivity index (χ1n) is 9.75. The SMILES string of the molecule is CC(C)c1ccc(CN2CCC[C@@H](c3nnc(-c4ccccn4)o3)C2)cc1. The minimum absolute atomic E-state index is 0.290. The van der Waals surface area contributed by atoms with Crippen LogP contribution in [0.3, 0.4) is 0 Å². The molecular formula is C22H26N4O. The van der Waals surface area contributed by atoms with E-state index in [1.54, 1.807) is 6.20 Å². The molecule has 0 radical (unpaired) electrons. The fourth-order valence-electron chi connectivity index (χ4n) is 3.66. The summed E-state index contributed by atoms with van der Waals surface area (Å²) in [6, 6.07) is 14.7. The van der Waals surface area contributed by atoms with E-state index in [0.29, 0.717) is 17.7 Å². The lowest BCUT2D eigenvalue weighted by atomic mass is 9.97. The monoisotopic (exact) mass is 362 g/mol. The van der Waals surface area contributed by atoms with Crippen LogP contribution in [0.15, 0.2) is 53.1 Å². The predicted molar refractivity (Wildman–Crippen MR) is 105 cm³/mol. The maximum Gasteiger partial charge on any atom is 0.266 e. The Labute approximate surface area is 160 Å². The molecule has 1 atom stereocenters. The fourth-order valence-corrected chi connectivity index (χ4v) is 3.66. The summed E-state index contributed by atoms with van der Waals surface area (Å²) in [4.78, 5) is 6.78. The van der Waals surface area contributed by atoms with Crippen molar-refractivity contribution in [3.8, 4) is 11.6 Å². The summed E-state index contributed by atoms with van der Waals surface area (Å²) in [7, 11) is 0. The van der Waals surface area contributed by atoms with Gasteiger partial charge in [-0.3, -0.25) is 9.88 Å². The molecule has 0 unspecified atom stereocenters. The molecule has 1 aromatic carbocycles. The van der Waals surface area contributed by atoms with E-state index in [9.17, 15) is 0 Å². The summed E-state index contributed by atoms with van der Waals surface area (Å²) in [5.74, 6) is 2.10. The third-order valence-corrected chi connectivity index (χ3v) is 5.23. The van der Waals surface area contributed by atoms with Gasteiger partial charge in [-0.15, -0.1) is 10.2 Å². The van der Waals surface area contributed by atoms with Gasteiger partial charge in [-0.1, -0.05) is 44.2 Å². The number of rotatable bonds is 5. The van der Waals surface area contributed by atoms with Gasteiger partial charge in [0.15, 0.2) is 0 Å². The number of benzene rings is 1. The van der Waals surface area contributed by atoms with Crippen LogP contribution in [0.1, 0.15) is 55.5 Å². The molecule has 0 spiro atoms. The number of aromatic nitrogens is 3. The van der Waals surface area contributed by atoms with Crippen molar-refractivity contribution in [1.29, 1.82) is 0 Å². The molecule has 5 heteroatoms. The van der Waals surface area contributed by atoms with Crippen molar-refractivity contribution < 1.29 is 4.42 Å². The Kier molecular flexibility index (Phi) is 5.30. The van der Waals surface area contributed by atoms with Crippen molar-refractivity contribution in [1.82, 2.24) is 20.1 Å². The quantitative estimate of drug-likeness (QED) is 0.662. The molecule has 3 aromatic rings. The van der Waals surface area contributed by atoms with E-state index in [2.05, 4.69) is 58.2 Å². The third kappa shape index (κ3) is 4.25. The van der Waals surface area contributed by atoms with Crippen LogP contribution in [0.2, 0.25) is 0 Å². The highest BCUT2D eigenvalue weighted by molar-refractivity contribution is 5.45. The molecule has 0 amide bonds. The van der Waals surface area contributed by atoms with Crippen LogP contribution >= 0.6 is 0 Å². The molecule has 0 bridgehead atoms. The lowest BCUT2D eigenvalue weighted by Gasteiger charge is -2.31. The van der Waals surface area contributed by atoms with Crippen molar-refractivity contribution in [3.63, 3.8) is 0 Å². The van der Waals surface area contributed by atoms with E-state index in [1.165, 1.54) is 11.1 Å². The fraction of sp³-hybridized carbons (Fsp3) is 0.409. The molecule has 0 aliphatic carbocycles. The third-order valence-electron chi connectivity index (χ3n) is 5.23. The molecule has 5 nitrogen and oxygen atoms in total. The summed E-state index contributed by atoms with van der Waals surface area (Å²) in [5.41, 5.74) is 3.48. The molecule has 140 valence electrons. The van der Waals surface area contributed by atoms with E-state index in [1.807, 2.05) is 18.2 Å². The van der Waals surface area contributed by atoms with Crippen LogP contribution in [0.25, 0.3) is 11.6 Å². The molecular weight excluding hydrogens is 336 g/mol. The standard InChI is InChI=1S/C22H26N4O/c1-16(2)18-10-8-17(9-11-18)14-26-13-5-6-19(15-26)21-24-25-22(27-21)20-7-3-4-12-23-20/h3-4,7-12,16,19H,5-6,13-15H2,1-2H3/t19-/m1/s1. The van der Waals surface area contributed by atoms with Gasteiger partial charge in [0.05, 0.1) is 5.92 Å². The summed E-state index contributed by atoms with van der Waals surface area (Å²) < 4.78 is 5.94. The molecule has 27 heavy (non-hydrogen) atoms. The van der Waals surface area contributed by atoms with Gasteiger partial charge < -0.3 is 4.42 Å². The van der Waals surface area contributed by atoms with Crippen molar-refractivity contribution in [3.05, 3.63) is 65.7 Å². The van der Waals surface area contributed by atoms with Gasteiger partial charge in [-0.25, -0.2) is 0 Å². The lowest BCUT2D eigenvalue weighted by molar-refractivity contribution is 0.186. The summed E-state index contributed by atoms with van der Waals surface area (Å²) in [6.45, 7) is 7.50. The van der Waals surface area contributed by atoms with Crippen LogP contribution < -0.4 is 0 Å². The zero-order valence-electron chi connectivity index (χ0n) is 16.0. The lowest BCUT2D eigenvalue weighted by Crippen LogP contribution is -2.34. The van der Waals surface area contributed by atoms with E-state index >= 15 is 0 Å².